The number of ether oxygens (including phenoxy) is 1. The zero-order valence-corrected chi connectivity index (χ0v) is 16.4. The number of H-pyrrole nitrogens is 1. The summed E-state index contributed by atoms with van der Waals surface area (Å²) < 4.78 is 6.86. The Hall–Kier alpha value is -3.42. The lowest BCUT2D eigenvalue weighted by Gasteiger charge is -2.05. The Kier molecular flexibility index (Phi) is 5.58. The van der Waals surface area contributed by atoms with Crippen molar-refractivity contribution >= 4 is 28.6 Å². The van der Waals surface area contributed by atoms with Gasteiger partial charge in [-0.3, -0.25) is 4.79 Å². The van der Waals surface area contributed by atoms with E-state index in [4.69, 9.17) is 4.74 Å². The Morgan fingerprint density at radius 1 is 1.29 bits per heavy atom. The molecule has 0 aliphatic rings. The molecule has 146 valence electrons. The summed E-state index contributed by atoms with van der Waals surface area (Å²) in [6.07, 6.45) is 1.63. The minimum atomic E-state index is -0.371. The molecule has 3 rings (SSSR count). The summed E-state index contributed by atoms with van der Waals surface area (Å²) in [6, 6.07) is 7.60. The van der Waals surface area contributed by atoms with E-state index in [1.807, 2.05) is 31.2 Å². The van der Waals surface area contributed by atoms with E-state index in [0.29, 0.717) is 29.3 Å². The summed E-state index contributed by atoms with van der Waals surface area (Å²) in [7, 11) is 0. The number of hydrogen-bond donors (Lipinski definition) is 2. The van der Waals surface area contributed by atoms with Crippen molar-refractivity contribution in [1.82, 2.24) is 20.0 Å². The molecule has 2 heterocycles. The first-order valence-corrected chi connectivity index (χ1v) is 9.02. The van der Waals surface area contributed by atoms with E-state index in [2.05, 4.69) is 20.5 Å². The standard InChI is InChI=1S/C20H23N5O3/c1-5-28-20(27)18-12(2)19(22-13(18)3)14(4)23-24-17(26)10-25-11-21-15-8-6-7-9-16(15)25/h6-9,11,22H,5,10H2,1-4H3,(H,24,26)/b23-14+. The third-order valence-corrected chi connectivity index (χ3v) is 4.47. The Labute approximate surface area is 162 Å². The number of carbonyl (C=O) groups excluding carboxylic acids is 2. The third-order valence-electron chi connectivity index (χ3n) is 4.47. The molecule has 2 N–H and O–H groups in total. The van der Waals surface area contributed by atoms with Gasteiger partial charge in [-0.05, 0) is 45.4 Å². The minimum Gasteiger partial charge on any atom is -0.462 e. The van der Waals surface area contributed by atoms with E-state index in [1.165, 1.54) is 0 Å². The molecule has 0 bridgehead atoms. The van der Waals surface area contributed by atoms with Gasteiger partial charge in [0.1, 0.15) is 6.54 Å². The molecule has 0 atom stereocenters. The van der Waals surface area contributed by atoms with E-state index in [9.17, 15) is 9.59 Å². The smallest absolute Gasteiger partial charge is 0.340 e. The van der Waals surface area contributed by atoms with Gasteiger partial charge in [0.25, 0.3) is 5.91 Å². The van der Waals surface area contributed by atoms with Gasteiger partial charge in [-0.2, -0.15) is 5.10 Å². The van der Waals surface area contributed by atoms with Gasteiger partial charge in [0, 0.05) is 5.69 Å². The molecule has 8 heteroatoms. The van der Waals surface area contributed by atoms with Crippen LogP contribution in [-0.4, -0.2) is 38.7 Å². The lowest BCUT2D eigenvalue weighted by molar-refractivity contribution is -0.121. The number of nitrogens with one attached hydrogen (secondary N) is 2. The van der Waals surface area contributed by atoms with E-state index in [-0.39, 0.29) is 18.4 Å². The predicted molar refractivity (Wildman–Crippen MR) is 106 cm³/mol. The van der Waals surface area contributed by atoms with E-state index in [0.717, 1.165) is 16.6 Å². The summed E-state index contributed by atoms with van der Waals surface area (Å²) in [6.45, 7) is 7.57. The number of fused-ring (bicyclic) bond motifs is 1. The summed E-state index contributed by atoms with van der Waals surface area (Å²) >= 11 is 0. The minimum absolute atomic E-state index is 0.105. The van der Waals surface area contributed by atoms with Gasteiger partial charge >= 0.3 is 5.97 Å². The number of aromatic nitrogens is 3. The fourth-order valence-electron chi connectivity index (χ4n) is 3.15. The van der Waals surface area contributed by atoms with Crippen LogP contribution in [0.2, 0.25) is 0 Å². The Morgan fingerprint density at radius 3 is 2.79 bits per heavy atom. The average Bonchev–Trinajstić information content (AvgIpc) is 3.20. The number of para-hydroxylation sites is 2. The number of benzene rings is 1. The molecule has 0 aliphatic heterocycles. The number of aromatic amines is 1. The summed E-state index contributed by atoms with van der Waals surface area (Å²) in [5.41, 5.74) is 7.48. The zero-order chi connectivity index (χ0) is 20.3. The lowest BCUT2D eigenvalue weighted by Crippen LogP contribution is -2.24. The normalized spacial score (nSPS) is 11.6. The molecule has 0 fully saturated rings. The quantitative estimate of drug-likeness (QED) is 0.389. The molecular weight excluding hydrogens is 358 g/mol. The molecular formula is C20H23N5O3. The molecule has 28 heavy (non-hydrogen) atoms. The van der Waals surface area contributed by atoms with Crippen LogP contribution in [0, 0.1) is 13.8 Å². The van der Waals surface area contributed by atoms with E-state index < -0.39 is 0 Å². The van der Waals surface area contributed by atoms with E-state index in [1.54, 1.807) is 31.7 Å². The first kappa shape index (κ1) is 19.3. The Bertz CT molecular complexity index is 1060. The van der Waals surface area contributed by atoms with E-state index >= 15 is 0 Å². The molecule has 0 saturated heterocycles. The third kappa shape index (κ3) is 3.80. The highest BCUT2D eigenvalue weighted by Gasteiger charge is 2.20. The topological polar surface area (TPSA) is 101 Å². The van der Waals surface area contributed by atoms with Crippen molar-refractivity contribution in [2.24, 2.45) is 5.10 Å². The van der Waals surface area contributed by atoms with Crippen LogP contribution < -0.4 is 5.43 Å². The van der Waals surface area contributed by atoms with Gasteiger partial charge in [-0.25, -0.2) is 15.2 Å². The largest absolute Gasteiger partial charge is 0.462 e. The molecule has 2 aromatic heterocycles. The number of esters is 1. The van der Waals surface area contributed by atoms with Crippen molar-refractivity contribution in [1.29, 1.82) is 0 Å². The first-order valence-electron chi connectivity index (χ1n) is 9.02. The second kappa shape index (κ2) is 8.08. The molecule has 3 aromatic rings. The van der Waals surface area contributed by atoms with Crippen LogP contribution in [0.5, 0.6) is 0 Å². The molecule has 1 aromatic carbocycles. The highest BCUT2D eigenvalue weighted by Crippen LogP contribution is 2.19. The fourth-order valence-corrected chi connectivity index (χ4v) is 3.15. The lowest BCUT2D eigenvalue weighted by atomic mass is 10.1. The molecule has 0 saturated carbocycles. The number of carbonyl (C=O) groups is 2. The van der Waals surface area contributed by atoms with Gasteiger partial charge in [0.2, 0.25) is 0 Å². The highest BCUT2D eigenvalue weighted by molar-refractivity contribution is 6.03. The van der Waals surface area contributed by atoms with Gasteiger partial charge in [0.05, 0.1) is 40.9 Å². The number of nitrogens with zero attached hydrogens (tertiary/aromatic N) is 3. The predicted octanol–water partition coefficient (Wildman–Crippen LogP) is 2.70. The second-order valence-electron chi connectivity index (χ2n) is 6.44. The van der Waals surface area contributed by atoms with Crippen molar-refractivity contribution in [2.45, 2.75) is 34.2 Å². The van der Waals surface area contributed by atoms with Crippen LogP contribution in [0.25, 0.3) is 11.0 Å². The number of aryl methyl sites for hydroxylation is 1. The molecule has 0 spiro atoms. The molecule has 0 unspecified atom stereocenters. The van der Waals surface area contributed by atoms with Crippen LogP contribution in [0.15, 0.2) is 35.7 Å². The molecule has 1 amide bonds. The summed E-state index contributed by atoms with van der Waals surface area (Å²) in [5, 5.41) is 4.18. The number of hydrogen-bond acceptors (Lipinski definition) is 5. The summed E-state index contributed by atoms with van der Waals surface area (Å²) in [4.78, 5) is 31.8. The monoisotopic (exact) mass is 381 g/mol. The maximum Gasteiger partial charge on any atom is 0.340 e. The van der Waals surface area contributed by atoms with Crippen LogP contribution >= 0.6 is 0 Å². The van der Waals surface area contributed by atoms with Gasteiger partial charge in [-0.15, -0.1) is 0 Å². The molecule has 0 aliphatic carbocycles. The zero-order valence-electron chi connectivity index (χ0n) is 16.4. The first-order chi connectivity index (χ1) is 13.4. The van der Waals surface area contributed by atoms with Crippen molar-refractivity contribution in [3.8, 4) is 0 Å². The van der Waals surface area contributed by atoms with Gasteiger partial charge < -0.3 is 14.3 Å². The van der Waals surface area contributed by atoms with Crippen LogP contribution in [0.1, 0.15) is 41.2 Å². The van der Waals surface area contributed by atoms with Crippen LogP contribution in [-0.2, 0) is 16.1 Å². The van der Waals surface area contributed by atoms with Crippen molar-refractivity contribution in [2.75, 3.05) is 6.61 Å². The maximum atomic E-state index is 12.3. The number of imidazole rings is 1. The second-order valence-corrected chi connectivity index (χ2v) is 6.44. The van der Waals surface area contributed by atoms with Crippen molar-refractivity contribution < 1.29 is 14.3 Å². The fraction of sp³-hybridized carbons (Fsp3) is 0.300. The SMILES string of the molecule is CCOC(=O)c1c(C)[nH]c(/C(C)=N/NC(=O)Cn2cnc3ccccc32)c1C. The Morgan fingerprint density at radius 2 is 2.04 bits per heavy atom. The summed E-state index contributed by atoms with van der Waals surface area (Å²) in [5.74, 6) is -0.641. The van der Waals surface area contributed by atoms with Crippen LogP contribution in [0.3, 0.4) is 0 Å². The van der Waals surface area contributed by atoms with Crippen molar-refractivity contribution in [3.63, 3.8) is 0 Å². The molecule has 0 radical (unpaired) electrons. The maximum absolute atomic E-state index is 12.3. The number of hydrazone groups is 1. The molecule has 8 nitrogen and oxygen atoms in total. The van der Waals surface area contributed by atoms with Gasteiger partial charge in [-0.1, -0.05) is 12.1 Å². The Balaban J connectivity index is 1.73. The van der Waals surface area contributed by atoms with Crippen LogP contribution in [0.4, 0.5) is 0 Å². The van der Waals surface area contributed by atoms with Crippen molar-refractivity contribution in [3.05, 3.63) is 53.1 Å². The van der Waals surface area contributed by atoms with Gasteiger partial charge in [0.15, 0.2) is 0 Å². The number of rotatable bonds is 6. The highest BCUT2D eigenvalue weighted by atomic mass is 16.5. The average molecular weight is 381 g/mol. The number of amides is 1.